The van der Waals surface area contributed by atoms with Gasteiger partial charge in [-0.1, -0.05) is 6.92 Å². The monoisotopic (exact) mass is 207 g/mol. The minimum atomic E-state index is -2.71. The van der Waals surface area contributed by atoms with Crippen LogP contribution in [-0.4, -0.2) is 31.1 Å². The summed E-state index contributed by atoms with van der Waals surface area (Å²) in [6, 6.07) is 0. The lowest BCUT2D eigenvalue weighted by Gasteiger charge is -2.17. The van der Waals surface area contributed by atoms with Crippen molar-refractivity contribution in [2.75, 3.05) is 14.2 Å². The van der Waals surface area contributed by atoms with Crippen molar-refractivity contribution in [1.82, 2.24) is 5.06 Å². The van der Waals surface area contributed by atoms with Crippen LogP contribution in [0.15, 0.2) is 0 Å². The molecule has 0 radical (unpaired) electrons. The second kappa shape index (κ2) is 3.81. The third kappa shape index (κ3) is 2.03. The highest BCUT2D eigenvalue weighted by Gasteiger charge is 2.49. The molecular formula is C9H15F2NO2. The minimum absolute atomic E-state index is 0.236. The maximum absolute atomic E-state index is 13.1. The Morgan fingerprint density at radius 1 is 1.57 bits per heavy atom. The van der Waals surface area contributed by atoms with Gasteiger partial charge < -0.3 is 0 Å². The Bertz CT molecular complexity index is 233. The molecule has 0 aliphatic heterocycles. The molecule has 0 heterocycles. The van der Waals surface area contributed by atoms with Crippen LogP contribution in [0.5, 0.6) is 0 Å². The molecule has 1 saturated carbocycles. The van der Waals surface area contributed by atoms with Crippen molar-refractivity contribution >= 4 is 5.91 Å². The van der Waals surface area contributed by atoms with E-state index in [4.69, 9.17) is 0 Å². The summed E-state index contributed by atoms with van der Waals surface area (Å²) in [5.74, 6) is -4.40. The van der Waals surface area contributed by atoms with E-state index < -0.39 is 17.8 Å². The van der Waals surface area contributed by atoms with Gasteiger partial charge >= 0.3 is 0 Å². The SMILES string of the molecule is CON(C)C(=O)C1CC(C)C(F)(F)C1. The number of hydrogen-bond acceptors (Lipinski definition) is 2. The highest BCUT2D eigenvalue weighted by Crippen LogP contribution is 2.44. The van der Waals surface area contributed by atoms with E-state index in [1.807, 2.05) is 0 Å². The van der Waals surface area contributed by atoms with Gasteiger partial charge in [-0.15, -0.1) is 0 Å². The number of alkyl halides is 2. The van der Waals surface area contributed by atoms with Gasteiger partial charge in [-0.05, 0) is 6.42 Å². The van der Waals surface area contributed by atoms with E-state index in [2.05, 4.69) is 4.84 Å². The van der Waals surface area contributed by atoms with Crippen molar-refractivity contribution in [2.24, 2.45) is 11.8 Å². The van der Waals surface area contributed by atoms with Gasteiger partial charge in [-0.2, -0.15) is 0 Å². The Morgan fingerprint density at radius 2 is 2.14 bits per heavy atom. The summed E-state index contributed by atoms with van der Waals surface area (Å²) in [5, 5.41) is 1.01. The van der Waals surface area contributed by atoms with Crippen LogP contribution in [0, 0.1) is 11.8 Å². The van der Waals surface area contributed by atoms with Crippen LogP contribution in [0.2, 0.25) is 0 Å². The molecule has 0 spiro atoms. The summed E-state index contributed by atoms with van der Waals surface area (Å²) in [7, 11) is 2.78. The van der Waals surface area contributed by atoms with Gasteiger partial charge in [0, 0.05) is 25.3 Å². The summed E-state index contributed by atoms with van der Waals surface area (Å²) in [4.78, 5) is 16.1. The van der Waals surface area contributed by atoms with Crippen molar-refractivity contribution in [3.8, 4) is 0 Å². The van der Waals surface area contributed by atoms with Gasteiger partial charge in [0.2, 0.25) is 5.91 Å². The van der Waals surface area contributed by atoms with E-state index in [1.165, 1.54) is 21.1 Å². The third-order valence-electron chi connectivity index (χ3n) is 2.81. The van der Waals surface area contributed by atoms with E-state index in [0.29, 0.717) is 0 Å². The fraction of sp³-hybridized carbons (Fsp3) is 0.889. The van der Waals surface area contributed by atoms with E-state index in [9.17, 15) is 13.6 Å². The number of nitrogens with zero attached hydrogens (tertiary/aromatic N) is 1. The first kappa shape index (κ1) is 11.4. The van der Waals surface area contributed by atoms with Gasteiger partial charge in [0.05, 0.1) is 7.11 Å². The first-order valence-corrected chi connectivity index (χ1v) is 4.58. The Hall–Kier alpha value is -0.710. The maximum Gasteiger partial charge on any atom is 0.251 e. The molecule has 0 aromatic rings. The van der Waals surface area contributed by atoms with Gasteiger partial charge in [0.15, 0.2) is 0 Å². The van der Waals surface area contributed by atoms with Crippen LogP contribution in [0.4, 0.5) is 8.78 Å². The molecule has 1 aliphatic carbocycles. The van der Waals surface area contributed by atoms with E-state index in [1.54, 1.807) is 0 Å². The number of hydrogen-bond donors (Lipinski definition) is 0. The fourth-order valence-electron chi connectivity index (χ4n) is 1.75. The molecule has 0 saturated heterocycles. The summed E-state index contributed by atoms with van der Waals surface area (Å²) in [5.41, 5.74) is 0. The number of rotatable bonds is 2. The molecule has 1 fully saturated rings. The molecule has 2 atom stereocenters. The Labute approximate surface area is 82.0 Å². The zero-order chi connectivity index (χ0) is 10.9. The Balaban J connectivity index is 2.62. The van der Waals surface area contributed by atoms with Crippen LogP contribution >= 0.6 is 0 Å². The number of carbonyl (C=O) groups is 1. The number of hydroxylamine groups is 2. The third-order valence-corrected chi connectivity index (χ3v) is 2.81. The van der Waals surface area contributed by atoms with Crippen LogP contribution in [0.3, 0.4) is 0 Å². The van der Waals surface area contributed by atoms with Crippen molar-refractivity contribution in [2.45, 2.75) is 25.7 Å². The molecule has 1 rings (SSSR count). The summed E-state index contributed by atoms with van der Waals surface area (Å²) < 4.78 is 26.2. The predicted octanol–water partition coefficient (Wildman–Crippen LogP) is 1.69. The van der Waals surface area contributed by atoms with Gasteiger partial charge in [0.25, 0.3) is 5.92 Å². The first-order chi connectivity index (χ1) is 6.38. The normalized spacial score (nSPS) is 30.4. The average molecular weight is 207 g/mol. The number of carbonyl (C=O) groups excluding carboxylic acids is 1. The van der Waals surface area contributed by atoms with Crippen LogP contribution in [0.25, 0.3) is 0 Å². The second-order valence-electron chi connectivity index (χ2n) is 3.82. The van der Waals surface area contributed by atoms with Crippen LogP contribution < -0.4 is 0 Å². The molecule has 1 aliphatic rings. The lowest BCUT2D eigenvalue weighted by molar-refractivity contribution is -0.174. The van der Waals surface area contributed by atoms with Crippen molar-refractivity contribution < 1.29 is 18.4 Å². The van der Waals surface area contributed by atoms with Crippen LogP contribution in [0.1, 0.15) is 19.8 Å². The summed E-state index contributed by atoms with van der Waals surface area (Å²) >= 11 is 0. The molecule has 0 N–H and O–H groups in total. The van der Waals surface area contributed by atoms with Gasteiger partial charge in [-0.25, -0.2) is 13.8 Å². The molecule has 0 bridgehead atoms. The van der Waals surface area contributed by atoms with Crippen molar-refractivity contribution in [3.05, 3.63) is 0 Å². The first-order valence-electron chi connectivity index (χ1n) is 4.58. The average Bonchev–Trinajstić information content (AvgIpc) is 2.39. The summed E-state index contributed by atoms with van der Waals surface area (Å²) in [6.45, 7) is 1.47. The van der Waals surface area contributed by atoms with Crippen molar-refractivity contribution in [1.29, 1.82) is 0 Å². The highest BCUT2D eigenvalue weighted by molar-refractivity contribution is 5.78. The highest BCUT2D eigenvalue weighted by atomic mass is 19.3. The fourth-order valence-corrected chi connectivity index (χ4v) is 1.75. The molecule has 82 valence electrons. The lowest BCUT2D eigenvalue weighted by Crippen LogP contribution is -2.31. The molecule has 3 nitrogen and oxygen atoms in total. The predicted molar refractivity (Wildman–Crippen MR) is 46.6 cm³/mol. The standard InChI is InChI=1S/C9H15F2NO2/c1-6-4-7(5-9(6,10)11)8(13)12(2)14-3/h6-7H,4-5H2,1-3H3. The second-order valence-corrected chi connectivity index (χ2v) is 3.82. The van der Waals surface area contributed by atoms with E-state index >= 15 is 0 Å². The van der Waals surface area contributed by atoms with Crippen molar-refractivity contribution in [3.63, 3.8) is 0 Å². The molecule has 0 aromatic carbocycles. The maximum atomic E-state index is 13.1. The zero-order valence-corrected chi connectivity index (χ0v) is 8.59. The lowest BCUT2D eigenvalue weighted by atomic mass is 10.1. The number of halogens is 2. The Morgan fingerprint density at radius 3 is 2.50 bits per heavy atom. The van der Waals surface area contributed by atoms with Gasteiger partial charge in [-0.3, -0.25) is 9.63 Å². The Kier molecular flexibility index (Phi) is 3.09. The topological polar surface area (TPSA) is 29.5 Å². The van der Waals surface area contributed by atoms with Crippen LogP contribution in [-0.2, 0) is 9.63 Å². The number of amides is 1. The minimum Gasteiger partial charge on any atom is -0.275 e. The zero-order valence-electron chi connectivity index (χ0n) is 8.59. The molecule has 0 aromatic heterocycles. The van der Waals surface area contributed by atoms with Gasteiger partial charge in [0.1, 0.15) is 0 Å². The molecule has 2 unspecified atom stereocenters. The quantitative estimate of drug-likeness (QED) is 0.645. The molecule has 14 heavy (non-hydrogen) atoms. The summed E-state index contributed by atoms with van der Waals surface area (Å²) in [6.07, 6.45) is -0.125. The largest absolute Gasteiger partial charge is 0.275 e. The molecular weight excluding hydrogens is 192 g/mol. The molecule has 5 heteroatoms. The van der Waals surface area contributed by atoms with E-state index in [-0.39, 0.29) is 18.7 Å². The smallest absolute Gasteiger partial charge is 0.251 e. The van der Waals surface area contributed by atoms with E-state index in [0.717, 1.165) is 5.06 Å². The molecule has 1 amide bonds.